The first kappa shape index (κ1) is 16.0. The number of halogens is 3. The van der Waals surface area contributed by atoms with Gasteiger partial charge in [-0.3, -0.25) is 4.79 Å². The Kier molecular flexibility index (Phi) is 4.01. The number of benzene rings is 2. The van der Waals surface area contributed by atoms with Crippen LogP contribution in [0.3, 0.4) is 0 Å². The molecule has 2 aromatic carbocycles. The molecule has 0 aliphatic heterocycles. The monoisotopic (exact) mass is 333 g/mol. The van der Waals surface area contributed by atoms with Gasteiger partial charge in [0.1, 0.15) is 5.82 Å². The molecule has 4 nitrogen and oxygen atoms in total. The molecule has 0 saturated carbocycles. The summed E-state index contributed by atoms with van der Waals surface area (Å²) in [5, 5.41) is 2.72. The number of imidazole rings is 1. The molecule has 1 heterocycles. The quantitative estimate of drug-likeness (QED) is 0.759. The summed E-state index contributed by atoms with van der Waals surface area (Å²) in [4.78, 5) is 19.7. The lowest BCUT2D eigenvalue weighted by atomic mass is 10.1. The number of aromatic amines is 1. The summed E-state index contributed by atoms with van der Waals surface area (Å²) in [5.41, 5.74) is 1.00. The number of amides is 1. The number of nitrogens with one attached hydrogen (secondary N) is 2. The average Bonchev–Trinajstić information content (AvgIpc) is 2.98. The maximum Gasteiger partial charge on any atom is 0.416 e. The zero-order valence-corrected chi connectivity index (χ0v) is 12.7. The molecule has 1 atom stereocenters. The van der Waals surface area contributed by atoms with Crippen LogP contribution < -0.4 is 5.32 Å². The van der Waals surface area contributed by atoms with Crippen LogP contribution >= 0.6 is 0 Å². The van der Waals surface area contributed by atoms with Crippen molar-refractivity contribution in [3.05, 3.63) is 65.5 Å². The molecule has 1 unspecified atom stereocenters. The summed E-state index contributed by atoms with van der Waals surface area (Å²) >= 11 is 0. The van der Waals surface area contributed by atoms with Crippen LogP contribution in [0.5, 0.6) is 0 Å². The van der Waals surface area contributed by atoms with Gasteiger partial charge in [0.25, 0.3) is 5.91 Å². The molecular formula is C17H14F3N3O. The van der Waals surface area contributed by atoms with Crippen LogP contribution in [0.1, 0.15) is 34.7 Å². The molecule has 24 heavy (non-hydrogen) atoms. The maximum atomic E-state index is 12.5. The lowest BCUT2D eigenvalue weighted by Gasteiger charge is -2.12. The second-order valence-electron chi connectivity index (χ2n) is 5.41. The molecule has 0 spiro atoms. The van der Waals surface area contributed by atoms with Crippen molar-refractivity contribution in [2.75, 3.05) is 0 Å². The molecule has 3 rings (SSSR count). The Balaban J connectivity index is 1.74. The summed E-state index contributed by atoms with van der Waals surface area (Å²) in [6, 6.07) is 11.1. The number of rotatable bonds is 3. The van der Waals surface area contributed by atoms with E-state index in [0.717, 1.165) is 35.3 Å². The Labute approximate surface area is 135 Å². The first-order valence-electron chi connectivity index (χ1n) is 7.27. The molecular weight excluding hydrogens is 319 g/mol. The number of hydrogen-bond acceptors (Lipinski definition) is 2. The molecule has 1 aromatic heterocycles. The van der Waals surface area contributed by atoms with Gasteiger partial charge in [-0.1, -0.05) is 12.1 Å². The molecule has 0 aliphatic rings. The first-order valence-corrected chi connectivity index (χ1v) is 7.27. The maximum absolute atomic E-state index is 12.5. The lowest BCUT2D eigenvalue weighted by molar-refractivity contribution is -0.137. The first-order chi connectivity index (χ1) is 11.3. The second kappa shape index (κ2) is 5.99. The van der Waals surface area contributed by atoms with E-state index in [2.05, 4.69) is 15.3 Å². The summed E-state index contributed by atoms with van der Waals surface area (Å²) in [6.07, 6.45) is -4.42. The van der Waals surface area contributed by atoms with Crippen LogP contribution in [0.15, 0.2) is 48.5 Å². The van der Waals surface area contributed by atoms with Gasteiger partial charge >= 0.3 is 6.18 Å². The van der Waals surface area contributed by atoms with Crippen LogP contribution in [0, 0.1) is 0 Å². The highest BCUT2D eigenvalue weighted by molar-refractivity contribution is 5.94. The highest BCUT2D eigenvalue weighted by Crippen LogP contribution is 2.29. The molecule has 0 aliphatic carbocycles. The summed E-state index contributed by atoms with van der Waals surface area (Å²) in [7, 11) is 0. The predicted octanol–water partition coefficient (Wildman–Crippen LogP) is 4.07. The van der Waals surface area contributed by atoms with E-state index in [0.29, 0.717) is 5.82 Å². The van der Waals surface area contributed by atoms with Crippen molar-refractivity contribution >= 4 is 16.9 Å². The molecule has 0 bridgehead atoms. The minimum Gasteiger partial charge on any atom is -0.342 e. The number of aromatic nitrogens is 2. The smallest absolute Gasteiger partial charge is 0.342 e. The van der Waals surface area contributed by atoms with Crippen molar-refractivity contribution < 1.29 is 18.0 Å². The van der Waals surface area contributed by atoms with Crippen molar-refractivity contribution in [1.29, 1.82) is 0 Å². The van der Waals surface area contributed by atoms with Gasteiger partial charge in [-0.05, 0) is 43.3 Å². The number of H-pyrrole nitrogens is 1. The summed E-state index contributed by atoms with van der Waals surface area (Å²) < 4.78 is 37.6. The highest BCUT2D eigenvalue weighted by atomic mass is 19.4. The van der Waals surface area contributed by atoms with E-state index in [1.807, 2.05) is 24.3 Å². The topological polar surface area (TPSA) is 57.8 Å². The largest absolute Gasteiger partial charge is 0.416 e. The van der Waals surface area contributed by atoms with Crippen LogP contribution in [-0.2, 0) is 6.18 Å². The third-order valence-corrected chi connectivity index (χ3v) is 3.64. The lowest BCUT2D eigenvalue weighted by Crippen LogP contribution is -2.27. The third kappa shape index (κ3) is 3.24. The van der Waals surface area contributed by atoms with E-state index in [-0.39, 0.29) is 5.56 Å². The zero-order valence-electron chi connectivity index (χ0n) is 12.7. The Morgan fingerprint density at radius 2 is 1.79 bits per heavy atom. The normalized spacial score (nSPS) is 13.0. The van der Waals surface area contributed by atoms with Crippen molar-refractivity contribution in [2.45, 2.75) is 19.1 Å². The standard InChI is InChI=1S/C17H14F3N3O/c1-10(15-22-13-4-2-3-5-14(13)23-15)21-16(24)11-6-8-12(9-7-11)17(18,19)20/h2-10H,1H3,(H,21,24)(H,22,23). The Hall–Kier alpha value is -2.83. The fraction of sp³-hybridized carbons (Fsp3) is 0.176. The van der Waals surface area contributed by atoms with Crippen LogP contribution in [0.25, 0.3) is 11.0 Å². The number of alkyl halides is 3. The van der Waals surface area contributed by atoms with E-state index in [9.17, 15) is 18.0 Å². The highest BCUT2D eigenvalue weighted by Gasteiger charge is 2.30. The number of fused-ring (bicyclic) bond motifs is 1. The van der Waals surface area contributed by atoms with Crippen molar-refractivity contribution in [1.82, 2.24) is 15.3 Å². The van der Waals surface area contributed by atoms with Crippen molar-refractivity contribution in [2.24, 2.45) is 0 Å². The molecule has 0 radical (unpaired) electrons. The Morgan fingerprint density at radius 3 is 2.42 bits per heavy atom. The fourth-order valence-electron chi connectivity index (χ4n) is 2.34. The van der Waals surface area contributed by atoms with Gasteiger partial charge in [0.2, 0.25) is 0 Å². The molecule has 1 amide bonds. The number of para-hydroxylation sites is 2. The zero-order chi connectivity index (χ0) is 17.3. The van der Waals surface area contributed by atoms with Crippen molar-refractivity contribution in [3.63, 3.8) is 0 Å². The van der Waals surface area contributed by atoms with Gasteiger partial charge in [0.05, 0.1) is 22.6 Å². The molecule has 124 valence electrons. The van der Waals surface area contributed by atoms with E-state index < -0.39 is 23.7 Å². The molecule has 7 heteroatoms. The van der Waals surface area contributed by atoms with Gasteiger partial charge in [0, 0.05) is 5.56 Å². The summed E-state index contributed by atoms with van der Waals surface area (Å²) in [5.74, 6) is 0.119. The van der Waals surface area contributed by atoms with E-state index in [1.165, 1.54) is 0 Å². The number of hydrogen-bond donors (Lipinski definition) is 2. The second-order valence-corrected chi connectivity index (χ2v) is 5.41. The fourth-order valence-corrected chi connectivity index (χ4v) is 2.34. The average molecular weight is 333 g/mol. The molecule has 2 N–H and O–H groups in total. The molecule has 0 fully saturated rings. The Bertz CT molecular complexity index is 836. The van der Waals surface area contributed by atoms with Gasteiger partial charge < -0.3 is 10.3 Å². The summed E-state index contributed by atoms with van der Waals surface area (Å²) in [6.45, 7) is 1.75. The number of nitrogens with zero attached hydrogens (tertiary/aromatic N) is 1. The SMILES string of the molecule is CC(NC(=O)c1ccc(C(F)(F)F)cc1)c1nc2ccccc2[nH]1. The van der Waals surface area contributed by atoms with Crippen molar-refractivity contribution in [3.8, 4) is 0 Å². The predicted molar refractivity (Wildman–Crippen MR) is 83.4 cm³/mol. The Morgan fingerprint density at radius 1 is 1.12 bits per heavy atom. The van der Waals surface area contributed by atoms with Gasteiger partial charge in [-0.2, -0.15) is 13.2 Å². The number of carbonyl (C=O) groups is 1. The minimum absolute atomic E-state index is 0.158. The van der Waals surface area contributed by atoms with Crippen LogP contribution in [-0.4, -0.2) is 15.9 Å². The minimum atomic E-state index is -4.42. The third-order valence-electron chi connectivity index (χ3n) is 3.64. The van der Waals surface area contributed by atoms with E-state index in [4.69, 9.17) is 0 Å². The van der Waals surface area contributed by atoms with Gasteiger partial charge in [-0.15, -0.1) is 0 Å². The van der Waals surface area contributed by atoms with Gasteiger partial charge in [-0.25, -0.2) is 4.98 Å². The van der Waals surface area contributed by atoms with Gasteiger partial charge in [0.15, 0.2) is 0 Å². The molecule has 0 saturated heterocycles. The van der Waals surface area contributed by atoms with Crippen LogP contribution in [0.4, 0.5) is 13.2 Å². The van der Waals surface area contributed by atoms with E-state index >= 15 is 0 Å². The van der Waals surface area contributed by atoms with Crippen LogP contribution in [0.2, 0.25) is 0 Å². The number of carbonyl (C=O) groups excluding carboxylic acids is 1. The van der Waals surface area contributed by atoms with E-state index in [1.54, 1.807) is 6.92 Å². The molecule has 3 aromatic rings.